The number of carbonyl (C=O) groups is 1. The Hall–Kier alpha value is -1.08. The van der Waals surface area contributed by atoms with Gasteiger partial charge in [-0.3, -0.25) is 4.79 Å². The lowest BCUT2D eigenvalue weighted by Crippen LogP contribution is -2.39. The first-order valence-electron chi connectivity index (χ1n) is 5.24. The predicted octanol–water partition coefficient (Wildman–Crippen LogP) is -0.688. The number of aromatic nitrogens is 3. The second-order valence-electron chi connectivity index (χ2n) is 3.60. The predicted molar refractivity (Wildman–Crippen MR) is 61.8 cm³/mol. The van der Waals surface area contributed by atoms with E-state index in [9.17, 15) is 4.79 Å². The molecule has 16 heavy (non-hydrogen) atoms. The van der Waals surface area contributed by atoms with Crippen molar-refractivity contribution in [3.63, 3.8) is 0 Å². The minimum atomic E-state index is 0.105. The lowest BCUT2D eigenvalue weighted by molar-refractivity contribution is -0.131. The fourth-order valence-corrected chi connectivity index (χ4v) is 2.46. The van der Waals surface area contributed by atoms with Crippen molar-refractivity contribution in [1.29, 1.82) is 0 Å². The first-order chi connectivity index (χ1) is 7.79. The summed E-state index contributed by atoms with van der Waals surface area (Å²) >= 11 is 1.88. The molecule has 2 heterocycles. The molecule has 1 aliphatic heterocycles. The number of nitrogens with two attached hydrogens (primary N) is 1. The fraction of sp³-hybridized carbons (Fsp3) is 0.667. The van der Waals surface area contributed by atoms with Crippen molar-refractivity contribution in [3.8, 4) is 0 Å². The normalized spacial score (nSPS) is 16.4. The molecular formula is C9H15N5OS. The zero-order valence-corrected chi connectivity index (χ0v) is 9.82. The third-order valence-corrected chi connectivity index (χ3v) is 3.40. The topological polar surface area (TPSA) is 77.0 Å². The molecule has 0 aliphatic carbocycles. The van der Waals surface area contributed by atoms with Gasteiger partial charge in [-0.15, -0.1) is 5.10 Å². The fourth-order valence-electron chi connectivity index (χ4n) is 1.56. The summed E-state index contributed by atoms with van der Waals surface area (Å²) < 4.78 is 1.55. The number of hydrogen-bond acceptors (Lipinski definition) is 5. The minimum absolute atomic E-state index is 0.105. The van der Waals surface area contributed by atoms with Crippen LogP contribution in [0.1, 0.15) is 5.69 Å². The highest BCUT2D eigenvalue weighted by molar-refractivity contribution is 7.99. The highest BCUT2D eigenvalue weighted by atomic mass is 32.2. The van der Waals surface area contributed by atoms with Crippen molar-refractivity contribution in [2.24, 2.45) is 5.73 Å². The highest BCUT2D eigenvalue weighted by Gasteiger charge is 2.17. The maximum Gasteiger partial charge on any atom is 0.244 e. The highest BCUT2D eigenvalue weighted by Crippen LogP contribution is 2.09. The third-order valence-electron chi connectivity index (χ3n) is 2.46. The molecule has 2 rings (SSSR count). The molecule has 0 atom stereocenters. The van der Waals surface area contributed by atoms with Crippen LogP contribution in [-0.2, 0) is 17.9 Å². The molecule has 1 aliphatic rings. The van der Waals surface area contributed by atoms with Crippen LogP contribution in [0.4, 0.5) is 0 Å². The van der Waals surface area contributed by atoms with Crippen molar-refractivity contribution in [3.05, 3.63) is 11.9 Å². The van der Waals surface area contributed by atoms with Crippen LogP contribution in [0.3, 0.4) is 0 Å². The Morgan fingerprint density at radius 1 is 1.50 bits per heavy atom. The SMILES string of the molecule is NCc1cn(CC(=O)N2CCSCC2)nn1. The summed E-state index contributed by atoms with van der Waals surface area (Å²) in [5.41, 5.74) is 6.13. The van der Waals surface area contributed by atoms with Gasteiger partial charge in [-0.1, -0.05) is 5.21 Å². The second kappa shape index (κ2) is 5.31. The number of rotatable bonds is 3. The minimum Gasteiger partial charge on any atom is -0.339 e. The monoisotopic (exact) mass is 241 g/mol. The van der Waals surface area contributed by atoms with Crippen molar-refractivity contribution in [2.45, 2.75) is 13.1 Å². The average molecular weight is 241 g/mol. The Labute approximate surface area is 98.2 Å². The van der Waals surface area contributed by atoms with E-state index in [4.69, 9.17) is 5.73 Å². The molecule has 0 aromatic carbocycles. The molecule has 0 unspecified atom stereocenters. The van der Waals surface area contributed by atoms with Gasteiger partial charge in [0.25, 0.3) is 0 Å². The average Bonchev–Trinajstić information content (AvgIpc) is 2.78. The van der Waals surface area contributed by atoms with Crippen LogP contribution in [0.15, 0.2) is 6.20 Å². The lowest BCUT2D eigenvalue weighted by Gasteiger charge is -2.26. The van der Waals surface area contributed by atoms with Gasteiger partial charge in [0.1, 0.15) is 6.54 Å². The number of carbonyl (C=O) groups excluding carboxylic acids is 1. The van der Waals surface area contributed by atoms with E-state index in [1.54, 1.807) is 10.9 Å². The number of nitrogens with zero attached hydrogens (tertiary/aromatic N) is 4. The molecule has 0 saturated carbocycles. The van der Waals surface area contributed by atoms with E-state index < -0.39 is 0 Å². The number of amides is 1. The molecule has 7 heteroatoms. The molecule has 0 radical (unpaired) electrons. The van der Waals surface area contributed by atoms with E-state index in [0.29, 0.717) is 12.2 Å². The maximum absolute atomic E-state index is 11.9. The molecule has 88 valence electrons. The van der Waals surface area contributed by atoms with Crippen LogP contribution < -0.4 is 5.73 Å². The van der Waals surface area contributed by atoms with Crippen LogP contribution in [0.5, 0.6) is 0 Å². The van der Waals surface area contributed by atoms with Crippen LogP contribution in [0, 0.1) is 0 Å². The van der Waals surface area contributed by atoms with Gasteiger partial charge in [0.05, 0.1) is 11.9 Å². The Balaban J connectivity index is 1.90. The molecule has 2 N–H and O–H groups in total. The van der Waals surface area contributed by atoms with Gasteiger partial charge < -0.3 is 10.6 Å². The summed E-state index contributed by atoms with van der Waals surface area (Å²) in [6.45, 7) is 2.29. The lowest BCUT2D eigenvalue weighted by atomic mass is 10.4. The smallest absolute Gasteiger partial charge is 0.244 e. The summed E-state index contributed by atoms with van der Waals surface area (Å²) in [5.74, 6) is 2.16. The Morgan fingerprint density at radius 3 is 2.88 bits per heavy atom. The quantitative estimate of drug-likeness (QED) is 0.758. The van der Waals surface area contributed by atoms with Crippen LogP contribution in [0.25, 0.3) is 0 Å². The van der Waals surface area contributed by atoms with Gasteiger partial charge >= 0.3 is 0 Å². The van der Waals surface area contributed by atoms with Crippen molar-refractivity contribution in [2.75, 3.05) is 24.6 Å². The van der Waals surface area contributed by atoms with Gasteiger partial charge in [0, 0.05) is 31.1 Å². The summed E-state index contributed by atoms with van der Waals surface area (Å²) in [6.07, 6.45) is 1.72. The maximum atomic E-state index is 11.9. The Morgan fingerprint density at radius 2 is 2.25 bits per heavy atom. The second-order valence-corrected chi connectivity index (χ2v) is 4.83. The van der Waals surface area contributed by atoms with Crippen LogP contribution >= 0.6 is 11.8 Å². The van der Waals surface area contributed by atoms with E-state index in [2.05, 4.69) is 10.3 Å². The van der Waals surface area contributed by atoms with Gasteiger partial charge in [0.2, 0.25) is 5.91 Å². The van der Waals surface area contributed by atoms with Gasteiger partial charge in [-0.25, -0.2) is 4.68 Å². The molecule has 1 aromatic rings. The molecule has 1 fully saturated rings. The third kappa shape index (κ3) is 2.73. The van der Waals surface area contributed by atoms with E-state index in [-0.39, 0.29) is 12.5 Å². The Bertz CT molecular complexity index is 361. The summed E-state index contributed by atoms with van der Waals surface area (Å²) in [5, 5.41) is 7.70. The van der Waals surface area contributed by atoms with Crippen molar-refractivity contribution < 1.29 is 4.79 Å². The summed E-state index contributed by atoms with van der Waals surface area (Å²) in [7, 11) is 0. The number of hydrogen-bond donors (Lipinski definition) is 1. The van der Waals surface area contributed by atoms with E-state index in [1.807, 2.05) is 16.7 Å². The van der Waals surface area contributed by atoms with Crippen LogP contribution in [-0.4, -0.2) is 50.4 Å². The van der Waals surface area contributed by atoms with E-state index in [1.165, 1.54) is 0 Å². The molecule has 0 spiro atoms. The molecule has 1 amide bonds. The molecular weight excluding hydrogens is 226 g/mol. The van der Waals surface area contributed by atoms with Gasteiger partial charge in [0.15, 0.2) is 0 Å². The van der Waals surface area contributed by atoms with Crippen molar-refractivity contribution >= 4 is 17.7 Å². The van der Waals surface area contributed by atoms with Crippen LogP contribution in [0.2, 0.25) is 0 Å². The Kier molecular flexibility index (Phi) is 3.79. The standard InChI is InChI=1S/C9H15N5OS/c10-5-8-6-14(12-11-8)7-9(15)13-1-3-16-4-2-13/h6H,1-5,7,10H2. The zero-order valence-electron chi connectivity index (χ0n) is 9.00. The zero-order chi connectivity index (χ0) is 11.4. The van der Waals surface area contributed by atoms with Gasteiger partial charge in [-0.2, -0.15) is 11.8 Å². The van der Waals surface area contributed by atoms with Crippen molar-refractivity contribution in [1.82, 2.24) is 19.9 Å². The first kappa shape index (κ1) is 11.4. The first-order valence-corrected chi connectivity index (χ1v) is 6.39. The molecule has 1 aromatic heterocycles. The molecule has 0 bridgehead atoms. The number of thioether (sulfide) groups is 1. The van der Waals surface area contributed by atoms with E-state index in [0.717, 1.165) is 24.6 Å². The van der Waals surface area contributed by atoms with E-state index >= 15 is 0 Å². The molecule has 6 nitrogen and oxygen atoms in total. The van der Waals surface area contributed by atoms with Gasteiger partial charge in [-0.05, 0) is 0 Å². The summed E-state index contributed by atoms with van der Waals surface area (Å²) in [6, 6.07) is 0. The summed E-state index contributed by atoms with van der Waals surface area (Å²) in [4.78, 5) is 13.7. The molecule has 1 saturated heterocycles. The largest absolute Gasteiger partial charge is 0.339 e.